The van der Waals surface area contributed by atoms with Crippen LogP contribution in [0.1, 0.15) is 10.4 Å². The second-order valence-corrected chi connectivity index (χ2v) is 5.89. The average molecular weight is 424 g/mol. The summed E-state index contributed by atoms with van der Waals surface area (Å²) in [6.07, 6.45) is 0. The highest BCUT2D eigenvalue weighted by Crippen LogP contribution is 2.33. The Labute approximate surface area is 147 Å². The van der Waals surface area contributed by atoms with Gasteiger partial charge in [-0.15, -0.1) is 0 Å². The number of anilines is 1. The molecule has 2 N–H and O–H groups in total. The van der Waals surface area contributed by atoms with Crippen LogP contribution in [0.15, 0.2) is 34.8 Å². The predicted molar refractivity (Wildman–Crippen MR) is 87.0 cm³/mol. The summed E-state index contributed by atoms with van der Waals surface area (Å²) in [5.74, 6) is -3.38. The van der Waals surface area contributed by atoms with Crippen molar-refractivity contribution in [3.8, 4) is 0 Å². The molecule has 0 aliphatic rings. The lowest BCUT2D eigenvalue weighted by atomic mass is 10.2. The lowest BCUT2D eigenvalue weighted by molar-refractivity contribution is 0.0959. The molecule has 0 saturated carbocycles. The molecular formula is C14H7BrCl2F2N2O2. The van der Waals surface area contributed by atoms with Crippen molar-refractivity contribution in [2.75, 3.05) is 5.32 Å². The van der Waals surface area contributed by atoms with E-state index in [0.717, 1.165) is 18.2 Å². The van der Waals surface area contributed by atoms with Crippen molar-refractivity contribution in [1.82, 2.24) is 5.32 Å². The molecule has 0 bridgehead atoms. The van der Waals surface area contributed by atoms with E-state index in [0.29, 0.717) is 4.47 Å². The fourth-order valence-electron chi connectivity index (χ4n) is 1.68. The van der Waals surface area contributed by atoms with Crippen LogP contribution in [0.5, 0.6) is 0 Å². The molecule has 3 amide bonds. The zero-order valence-electron chi connectivity index (χ0n) is 11.1. The normalized spacial score (nSPS) is 10.3. The third-order valence-electron chi connectivity index (χ3n) is 2.66. The molecule has 0 aliphatic heterocycles. The second kappa shape index (κ2) is 7.25. The van der Waals surface area contributed by atoms with Crippen LogP contribution in [0, 0.1) is 11.6 Å². The Morgan fingerprint density at radius 2 is 1.70 bits per heavy atom. The molecule has 0 spiro atoms. The van der Waals surface area contributed by atoms with Gasteiger partial charge in [0.25, 0.3) is 5.91 Å². The maximum Gasteiger partial charge on any atom is 0.326 e. The zero-order chi connectivity index (χ0) is 17.1. The van der Waals surface area contributed by atoms with Crippen molar-refractivity contribution in [3.05, 3.63) is 62.0 Å². The summed E-state index contributed by atoms with van der Waals surface area (Å²) >= 11 is 14.8. The first kappa shape index (κ1) is 17.7. The van der Waals surface area contributed by atoms with Crippen LogP contribution >= 0.6 is 39.1 Å². The molecule has 2 aromatic carbocycles. The molecule has 0 saturated heterocycles. The number of carbonyl (C=O) groups excluding carboxylic acids is 2. The highest BCUT2D eigenvalue weighted by atomic mass is 79.9. The second-order valence-electron chi connectivity index (χ2n) is 4.25. The minimum atomic E-state index is -1.22. The summed E-state index contributed by atoms with van der Waals surface area (Å²) in [6, 6.07) is 4.73. The first-order valence-electron chi connectivity index (χ1n) is 6.00. The van der Waals surface area contributed by atoms with Gasteiger partial charge >= 0.3 is 6.03 Å². The van der Waals surface area contributed by atoms with E-state index in [4.69, 9.17) is 23.2 Å². The van der Waals surface area contributed by atoms with Crippen LogP contribution in [0.3, 0.4) is 0 Å². The monoisotopic (exact) mass is 422 g/mol. The van der Waals surface area contributed by atoms with Crippen LogP contribution < -0.4 is 10.6 Å². The fraction of sp³-hybridized carbons (Fsp3) is 0. The fourth-order valence-corrected chi connectivity index (χ4v) is 2.50. The van der Waals surface area contributed by atoms with Crippen LogP contribution in [0.25, 0.3) is 0 Å². The first-order chi connectivity index (χ1) is 10.8. The van der Waals surface area contributed by atoms with Crippen molar-refractivity contribution in [2.24, 2.45) is 0 Å². The summed E-state index contributed by atoms with van der Waals surface area (Å²) in [7, 11) is 0. The highest BCUT2D eigenvalue weighted by Gasteiger charge is 2.19. The molecule has 4 nitrogen and oxygen atoms in total. The van der Waals surface area contributed by atoms with E-state index in [1.807, 2.05) is 5.32 Å². The molecular weight excluding hydrogens is 417 g/mol. The van der Waals surface area contributed by atoms with Crippen molar-refractivity contribution >= 4 is 56.8 Å². The average Bonchev–Trinajstić information content (AvgIpc) is 2.43. The van der Waals surface area contributed by atoms with Gasteiger partial charge in [-0.05, 0) is 40.2 Å². The molecule has 0 unspecified atom stereocenters. The number of amides is 3. The van der Waals surface area contributed by atoms with E-state index in [-0.39, 0.29) is 15.7 Å². The lowest BCUT2D eigenvalue weighted by Gasteiger charge is -2.10. The topological polar surface area (TPSA) is 58.2 Å². The summed E-state index contributed by atoms with van der Waals surface area (Å²) in [5.41, 5.74) is -0.673. The smallest absolute Gasteiger partial charge is 0.306 e. The van der Waals surface area contributed by atoms with Crippen molar-refractivity contribution in [1.29, 1.82) is 0 Å². The molecule has 2 aromatic rings. The maximum absolute atomic E-state index is 13.5. The first-order valence-corrected chi connectivity index (χ1v) is 7.55. The van der Waals surface area contributed by atoms with Gasteiger partial charge in [-0.1, -0.05) is 29.3 Å². The quantitative estimate of drug-likeness (QED) is 0.668. The number of hydrogen-bond donors (Lipinski definition) is 2. The number of hydrogen-bond acceptors (Lipinski definition) is 2. The maximum atomic E-state index is 13.5. The minimum absolute atomic E-state index is 0.182. The number of benzene rings is 2. The van der Waals surface area contributed by atoms with E-state index in [9.17, 15) is 18.4 Å². The van der Waals surface area contributed by atoms with Gasteiger partial charge in [0.15, 0.2) is 0 Å². The Kier molecular flexibility index (Phi) is 5.56. The van der Waals surface area contributed by atoms with E-state index < -0.39 is 29.1 Å². The molecule has 9 heteroatoms. The summed E-state index contributed by atoms with van der Waals surface area (Å²) < 4.78 is 27.3. The van der Waals surface area contributed by atoms with Gasteiger partial charge in [0, 0.05) is 5.02 Å². The molecule has 0 aromatic heterocycles. The number of carbonyl (C=O) groups is 2. The van der Waals surface area contributed by atoms with Gasteiger partial charge < -0.3 is 5.32 Å². The van der Waals surface area contributed by atoms with E-state index in [1.165, 1.54) is 12.1 Å². The molecule has 0 atom stereocenters. The Balaban J connectivity index is 2.16. The molecule has 0 fully saturated rings. The van der Waals surface area contributed by atoms with Crippen molar-refractivity contribution in [2.45, 2.75) is 0 Å². The van der Waals surface area contributed by atoms with Crippen LogP contribution in [-0.2, 0) is 0 Å². The van der Waals surface area contributed by atoms with Gasteiger partial charge in [-0.2, -0.15) is 0 Å². The molecule has 0 radical (unpaired) electrons. The number of halogens is 5. The number of rotatable bonds is 2. The molecule has 0 aliphatic carbocycles. The third kappa shape index (κ3) is 4.19. The number of imide groups is 1. The van der Waals surface area contributed by atoms with E-state index in [2.05, 4.69) is 21.2 Å². The van der Waals surface area contributed by atoms with Gasteiger partial charge in [0.2, 0.25) is 0 Å². The van der Waals surface area contributed by atoms with Gasteiger partial charge in [0.05, 0.1) is 15.2 Å². The zero-order valence-corrected chi connectivity index (χ0v) is 14.2. The van der Waals surface area contributed by atoms with E-state index >= 15 is 0 Å². The minimum Gasteiger partial charge on any atom is -0.306 e. The molecule has 0 heterocycles. The third-order valence-corrected chi connectivity index (χ3v) is 4.26. The van der Waals surface area contributed by atoms with Crippen molar-refractivity contribution < 1.29 is 18.4 Å². The Bertz CT molecular complexity index is 782. The summed E-state index contributed by atoms with van der Waals surface area (Å²) in [4.78, 5) is 23.6. The number of urea groups is 1. The summed E-state index contributed by atoms with van der Waals surface area (Å²) in [6.45, 7) is 0. The van der Waals surface area contributed by atoms with Crippen LogP contribution in [0.4, 0.5) is 19.3 Å². The van der Waals surface area contributed by atoms with Crippen LogP contribution in [-0.4, -0.2) is 11.9 Å². The number of nitrogens with one attached hydrogen (secondary N) is 2. The van der Waals surface area contributed by atoms with Gasteiger partial charge in [-0.25, -0.2) is 13.6 Å². The van der Waals surface area contributed by atoms with Gasteiger partial charge in [-0.3, -0.25) is 10.1 Å². The molecule has 120 valence electrons. The standard InChI is InChI=1S/C14H7BrCl2F2N2O2/c15-12-7(17)4-6(16)5-10(12)20-14(23)21-13(22)11-8(18)2-1-3-9(11)19/h1-5H,(H2,20,21,22,23). The lowest BCUT2D eigenvalue weighted by Crippen LogP contribution is -2.35. The van der Waals surface area contributed by atoms with Crippen LogP contribution in [0.2, 0.25) is 10.0 Å². The van der Waals surface area contributed by atoms with Gasteiger partial charge in [0.1, 0.15) is 17.2 Å². The van der Waals surface area contributed by atoms with Crippen molar-refractivity contribution in [3.63, 3.8) is 0 Å². The molecule has 23 heavy (non-hydrogen) atoms. The molecule has 2 rings (SSSR count). The predicted octanol–water partition coefficient (Wildman–Crippen LogP) is 5.00. The summed E-state index contributed by atoms with van der Waals surface area (Å²) in [5, 5.41) is 4.60. The largest absolute Gasteiger partial charge is 0.326 e. The SMILES string of the molecule is O=C(NC(=O)c1c(F)cccc1F)Nc1cc(Cl)cc(Cl)c1Br. The Morgan fingerprint density at radius 1 is 1.09 bits per heavy atom. The highest BCUT2D eigenvalue weighted by molar-refractivity contribution is 9.10. The van der Waals surface area contributed by atoms with E-state index in [1.54, 1.807) is 0 Å². The Hall–Kier alpha value is -1.70. The Morgan fingerprint density at radius 3 is 2.30 bits per heavy atom.